The number of nitrogens with zero attached hydrogens (tertiary/aromatic N) is 1. The summed E-state index contributed by atoms with van der Waals surface area (Å²) in [7, 11) is 0. The fourth-order valence-corrected chi connectivity index (χ4v) is 2.86. The number of rotatable bonds is 11. The smallest absolute Gasteiger partial charge is 0.0479 e. The van der Waals surface area contributed by atoms with Crippen LogP contribution in [0.1, 0.15) is 38.7 Å². The van der Waals surface area contributed by atoms with E-state index < -0.39 is 0 Å². The van der Waals surface area contributed by atoms with E-state index in [0.29, 0.717) is 11.8 Å². The Morgan fingerprint density at radius 3 is 2.76 bits per heavy atom. The summed E-state index contributed by atoms with van der Waals surface area (Å²) in [6, 6.07) is 5.55. The second-order valence-electron chi connectivity index (χ2n) is 6.37. The molecule has 0 radical (unpaired) electrons. The molecule has 0 saturated heterocycles. The van der Waals surface area contributed by atoms with Crippen LogP contribution in [-0.2, 0) is 0 Å². The minimum atomic E-state index is 0.511. The third-order valence-electron chi connectivity index (χ3n) is 3.98. The van der Waals surface area contributed by atoms with Crippen LogP contribution in [0, 0.1) is 11.8 Å². The molecule has 2 unspecified atom stereocenters. The van der Waals surface area contributed by atoms with E-state index in [1.807, 2.05) is 36.0 Å². The maximum Gasteiger partial charge on any atom is 0.0479 e. The number of allylic oxidation sites excluding steroid dienone is 2. The molecule has 4 heteroatoms. The van der Waals surface area contributed by atoms with E-state index in [1.165, 1.54) is 0 Å². The van der Waals surface area contributed by atoms with Crippen LogP contribution >= 0.6 is 23.4 Å². The van der Waals surface area contributed by atoms with Crippen LogP contribution in [0.15, 0.2) is 41.4 Å². The molecule has 1 aromatic rings. The Kier molecular flexibility index (Phi) is 11.4. The van der Waals surface area contributed by atoms with Gasteiger partial charge in [0.1, 0.15) is 0 Å². The highest BCUT2D eigenvalue weighted by Gasteiger charge is 2.02. The van der Waals surface area contributed by atoms with Gasteiger partial charge < -0.3 is 5.73 Å². The minimum absolute atomic E-state index is 0.511. The largest absolute Gasteiger partial charge is 0.399 e. The lowest BCUT2D eigenvalue weighted by Gasteiger charge is -2.08. The molecule has 0 aliphatic rings. The Hall–Kier alpha value is -1.19. The Morgan fingerprint density at radius 1 is 1.24 bits per heavy atom. The maximum atomic E-state index is 6.17. The van der Waals surface area contributed by atoms with Gasteiger partial charge in [-0.15, -0.1) is 0 Å². The summed E-state index contributed by atoms with van der Waals surface area (Å²) in [4.78, 5) is 4.65. The molecule has 2 N–H and O–H groups in total. The Balaban J connectivity index is 2.39. The van der Waals surface area contributed by atoms with Gasteiger partial charge in [0.05, 0.1) is 0 Å². The Morgan fingerprint density at radius 2 is 2.04 bits per heavy atom. The number of aliphatic imine (C=N–C) groups is 1. The van der Waals surface area contributed by atoms with Crippen molar-refractivity contribution < 1.29 is 0 Å². The number of nitrogens with two attached hydrogens (primary N) is 1. The SMILES string of the molecule is CCC(/C=N/CC(C)C/C=C/c1cc(N)ccc1Cl)C/C=C\CSC. The first-order valence-corrected chi connectivity index (χ1v) is 10.7. The van der Waals surface area contributed by atoms with E-state index in [-0.39, 0.29) is 0 Å². The molecular weight excluding hydrogens is 348 g/mol. The highest BCUT2D eigenvalue weighted by molar-refractivity contribution is 7.98. The van der Waals surface area contributed by atoms with Gasteiger partial charge in [-0.1, -0.05) is 49.8 Å². The van der Waals surface area contributed by atoms with Crippen molar-refractivity contribution in [2.45, 2.75) is 33.1 Å². The molecule has 1 rings (SSSR count). The summed E-state index contributed by atoms with van der Waals surface area (Å²) >= 11 is 8.02. The molecule has 1 aromatic carbocycles. The molecule has 0 saturated carbocycles. The average Bonchev–Trinajstić information content (AvgIpc) is 2.60. The first-order valence-electron chi connectivity index (χ1n) is 8.92. The zero-order valence-electron chi connectivity index (χ0n) is 15.6. The Bertz CT molecular complexity index is 581. The highest BCUT2D eigenvalue weighted by atomic mass is 35.5. The lowest BCUT2D eigenvalue weighted by atomic mass is 10.0. The zero-order chi connectivity index (χ0) is 18.5. The molecular formula is C21H31ClN2S. The molecule has 2 atom stereocenters. The maximum absolute atomic E-state index is 6.17. The lowest BCUT2D eigenvalue weighted by molar-refractivity contribution is 0.603. The van der Waals surface area contributed by atoms with Crippen LogP contribution in [0.5, 0.6) is 0 Å². The van der Waals surface area contributed by atoms with Crippen molar-refractivity contribution in [3.63, 3.8) is 0 Å². The first kappa shape index (κ1) is 21.9. The second kappa shape index (κ2) is 13.1. The van der Waals surface area contributed by atoms with Gasteiger partial charge in [-0.3, -0.25) is 4.99 Å². The van der Waals surface area contributed by atoms with Gasteiger partial charge >= 0.3 is 0 Å². The molecule has 0 amide bonds. The van der Waals surface area contributed by atoms with Crippen LogP contribution in [0.25, 0.3) is 6.08 Å². The highest BCUT2D eigenvalue weighted by Crippen LogP contribution is 2.20. The number of benzene rings is 1. The van der Waals surface area contributed by atoms with E-state index in [4.69, 9.17) is 17.3 Å². The van der Waals surface area contributed by atoms with Crippen LogP contribution in [0.3, 0.4) is 0 Å². The molecule has 0 bridgehead atoms. The third-order valence-corrected chi connectivity index (χ3v) is 4.85. The molecule has 0 aliphatic heterocycles. The van der Waals surface area contributed by atoms with E-state index >= 15 is 0 Å². The summed E-state index contributed by atoms with van der Waals surface area (Å²) in [5.74, 6) is 2.15. The predicted molar refractivity (Wildman–Crippen MR) is 118 cm³/mol. The molecule has 138 valence electrons. The summed E-state index contributed by atoms with van der Waals surface area (Å²) < 4.78 is 0. The van der Waals surface area contributed by atoms with Crippen LogP contribution in [-0.4, -0.2) is 24.8 Å². The van der Waals surface area contributed by atoms with Crippen molar-refractivity contribution in [1.29, 1.82) is 0 Å². The first-order chi connectivity index (χ1) is 12.1. The van der Waals surface area contributed by atoms with Crippen molar-refractivity contribution in [1.82, 2.24) is 0 Å². The molecule has 0 heterocycles. The second-order valence-corrected chi connectivity index (χ2v) is 7.69. The molecule has 2 nitrogen and oxygen atoms in total. The van der Waals surface area contributed by atoms with Gasteiger partial charge in [0.25, 0.3) is 0 Å². The summed E-state index contributed by atoms with van der Waals surface area (Å²) in [5, 5.41) is 0.733. The number of halogens is 1. The van der Waals surface area contributed by atoms with Crippen LogP contribution < -0.4 is 5.73 Å². The predicted octanol–water partition coefficient (Wildman–Crippen LogP) is 6.37. The monoisotopic (exact) mass is 378 g/mol. The third kappa shape index (κ3) is 9.76. The van der Waals surface area contributed by atoms with Crippen LogP contribution in [0.2, 0.25) is 5.02 Å². The van der Waals surface area contributed by atoms with Crippen molar-refractivity contribution in [2.75, 3.05) is 24.3 Å². The number of nitrogen functional groups attached to an aromatic ring is 1. The van der Waals surface area contributed by atoms with Crippen LogP contribution in [0.4, 0.5) is 5.69 Å². The Labute approximate surface area is 162 Å². The van der Waals surface area contributed by atoms with Crippen molar-refractivity contribution in [3.8, 4) is 0 Å². The number of thioether (sulfide) groups is 1. The topological polar surface area (TPSA) is 38.4 Å². The molecule has 0 aromatic heterocycles. The fourth-order valence-electron chi connectivity index (χ4n) is 2.35. The van der Waals surface area contributed by atoms with E-state index in [0.717, 1.165) is 47.8 Å². The molecule has 25 heavy (non-hydrogen) atoms. The summed E-state index contributed by atoms with van der Waals surface area (Å²) in [6.07, 6.45) is 16.2. The van der Waals surface area contributed by atoms with Gasteiger partial charge in [0.2, 0.25) is 0 Å². The van der Waals surface area contributed by atoms with Gasteiger partial charge in [0, 0.05) is 29.2 Å². The lowest BCUT2D eigenvalue weighted by Crippen LogP contribution is -2.03. The standard InChI is InChI=1S/C21H31ClN2S/c1-4-18(9-5-6-13-25-3)16-24-15-17(2)8-7-10-19-14-20(23)11-12-21(19)22/h5-7,10-12,14,16-18H,4,8-9,13,15,23H2,1-3H3/b6-5-,10-7+,24-16+. The van der Waals surface area contributed by atoms with E-state index in [9.17, 15) is 0 Å². The van der Waals surface area contributed by atoms with Gasteiger partial charge in [-0.2, -0.15) is 11.8 Å². The summed E-state index contributed by atoms with van der Waals surface area (Å²) in [6.45, 7) is 5.31. The van der Waals surface area contributed by atoms with Crippen molar-refractivity contribution in [2.24, 2.45) is 16.8 Å². The van der Waals surface area contributed by atoms with E-state index in [2.05, 4.69) is 49.5 Å². The quantitative estimate of drug-likeness (QED) is 0.276. The minimum Gasteiger partial charge on any atom is -0.399 e. The normalized spacial score (nSPS) is 14.7. The molecule has 0 fully saturated rings. The summed E-state index contributed by atoms with van der Waals surface area (Å²) in [5.41, 5.74) is 7.51. The average molecular weight is 379 g/mol. The zero-order valence-corrected chi connectivity index (χ0v) is 17.2. The number of anilines is 1. The van der Waals surface area contributed by atoms with Gasteiger partial charge in [-0.25, -0.2) is 0 Å². The van der Waals surface area contributed by atoms with Crippen molar-refractivity contribution in [3.05, 3.63) is 47.0 Å². The number of hydrogen-bond donors (Lipinski definition) is 1. The number of hydrogen-bond acceptors (Lipinski definition) is 3. The fraction of sp³-hybridized carbons (Fsp3) is 0.476. The molecule has 0 aliphatic carbocycles. The van der Waals surface area contributed by atoms with Crippen molar-refractivity contribution >= 4 is 41.3 Å². The van der Waals surface area contributed by atoms with Gasteiger partial charge in [-0.05, 0) is 61.1 Å². The molecule has 0 spiro atoms. The van der Waals surface area contributed by atoms with Gasteiger partial charge in [0.15, 0.2) is 0 Å². The van der Waals surface area contributed by atoms with E-state index in [1.54, 1.807) is 0 Å².